The van der Waals surface area contributed by atoms with Crippen molar-refractivity contribution >= 4 is 29.1 Å². The number of hydrogen-bond donors (Lipinski definition) is 1. The molecule has 2 aromatic heterocycles. The number of carbonyl (C=O) groups excluding carboxylic acids is 2. The lowest BCUT2D eigenvalue weighted by atomic mass is 10.1. The van der Waals surface area contributed by atoms with E-state index in [0.717, 1.165) is 29.4 Å². The normalized spacial score (nSPS) is 14.4. The zero-order valence-electron chi connectivity index (χ0n) is 16.2. The van der Waals surface area contributed by atoms with Crippen LogP contribution in [0.1, 0.15) is 43.1 Å². The molecule has 1 amide bonds. The average molecular weight is 407 g/mol. The quantitative estimate of drug-likeness (QED) is 0.470. The van der Waals surface area contributed by atoms with Gasteiger partial charge in [-0.2, -0.15) is 0 Å². The molecular weight excluding hydrogens is 386 g/mol. The lowest BCUT2D eigenvalue weighted by molar-refractivity contribution is -0.115. The summed E-state index contributed by atoms with van der Waals surface area (Å²) in [5, 5.41) is 11.9. The van der Waals surface area contributed by atoms with Gasteiger partial charge in [-0.05, 0) is 51.0 Å². The van der Waals surface area contributed by atoms with Gasteiger partial charge in [0.25, 0.3) is 0 Å². The maximum atomic E-state index is 12.7. The van der Waals surface area contributed by atoms with E-state index in [1.807, 2.05) is 19.1 Å². The summed E-state index contributed by atoms with van der Waals surface area (Å²) >= 11 is 1.38. The van der Waals surface area contributed by atoms with Crippen molar-refractivity contribution in [2.24, 2.45) is 0 Å². The van der Waals surface area contributed by atoms with E-state index in [9.17, 15) is 9.59 Å². The Morgan fingerprint density at radius 1 is 1.21 bits per heavy atom. The number of carbonyl (C=O) groups is 2. The van der Waals surface area contributed by atoms with Gasteiger partial charge in [-0.1, -0.05) is 23.9 Å². The lowest BCUT2D eigenvalue weighted by Gasteiger charge is -2.13. The van der Waals surface area contributed by atoms with Gasteiger partial charge in [0, 0.05) is 35.2 Å². The van der Waals surface area contributed by atoms with Crippen molar-refractivity contribution in [2.75, 3.05) is 5.32 Å². The molecule has 1 fully saturated rings. The molecule has 0 spiro atoms. The van der Waals surface area contributed by atoms with Crippen LogP contribution in [0.25, 0.3) is 11.4 Å². The Morgan fingerprint density at radius 3 is 2.72 bits per heavy atom. The first kappa shape index (κ1) is 19.3. The third-order valence-electron chi connectivity index (χ3n) is 4.68. The van der Waals surface area contributed by atoms with Crippen LogP contribution in [0.5, 0.6) is 0 Å². The second-order valence-electron chi connectivity index (χ2n) is 7.04. The van der Waals surface area contributed by atoms with Crippen molar-refractivity contribution in [1.82, 2.24) is 19.7 Å². The first-order chi connectivity index (χ1) is 14.0. The standard InChI is InChI=1S/C21H21N5O2S/c1-13(27)15-5-3-7-17(11-15)23-20(28)14(2)29-21-25-24-19(26(21)18-8-9-18)16-6-4-10-22-12-16/h3-7,10-12,14,18H,8-9H2,1-2H3,(H,23,28)/t14-/m1/s1. The number of nitrogens with zero attached hydrogens (tertiary/aromatic N) is 4. The molecule has 1 atom stereocenters. The molecule has 148 valence electrons. The minimum atomic E-state index is -0.376. The number of benzene rings is 1. The summed E-state index contributed by atoms with van der Waals surface area (Å²) < 4.78 is 2.11. The van der Waals surface area contributed by atoms with Crippen molar-refractivity contribution in [3.63, 3.8) is 0 Å². The molecule has 1 saturated carbocycles. The van der Waals surface area contributed by atoms with E-state index in [4.69, 9.17) is 0 Å². The molecule has 7 nitrogen and oxygen atoms in total. The second kappa shape index (κ2) is 8.16. The van der Waals surface area contributed by atoms with Crippen molar-refractivity contribution in [1.29, 1.82) is 0 Å². The summed E-state index contributed by atoms with van der Waals surface area (Å²) in [6.07, 6.45) is 5.66. The van der Waals surface area contributed by atoms with Crippen LogP contribution in [-0.4, -0.2) is 36.7 Å². The van der Waals surface area contributed by atoms with Gasteiger partial charge in [0.2, 0.25) is 5.91 Å². The van der Waals surface area contributed by atoms with Crippen molar-refractivity contribution in [3.8, 4) is 11.4 Å². The van der Waals surface area contributed by atoms with Crippen molar-refractivity contribution < 1.29 is 9.59 Å². The Balaban J connectivity index is 1.50. The maximum Gasteiger partial charge on any atom is 0.237 e. The van der Waals surface area contributed by atoms with Crippen LogP contribution in [0.15, 0.2) is 53.9 Å². The van der Waals surface area contributed by atoms with Crippen LogP contribution < -0.4 is 5.32 Å². The molecular formula is C21H21N5O2S. The molecule has 0 unspecified atom stereocenters. The van der Waals surface area contributed by atoms with Gasteiger partial charge in [0.1, 0.15) is 0 Å². The van der Waals surface area contributed by atoms with Gasteiger partial charge >= 0.3 is 0 Å². The number of Topliss-reactive ketones (excluding diaryl/α,β-unsaturated/α-hetero) is 1. The molecule has 4 rings (SSSR count). The summed E-state index contributed by atoms with van der Waals surface area (Å²) in [5.74, 6) is 0.595. The molecule has 0 saturated heterocycles. The van der Waals surface area contributed by atoms with E-state index in [1.54, 1.807) is 36.7 Å². The molecule has 1 aliphatic rings. The Bertz CT molecular complexity index is 1050. The van der Waals surface area contributed by atoms with Gasteiger partial charge in [-0.25, -0.2) is 0 Å². The number of thioether (sulfide) groups is 1. The van der Waals surface area contributed by atoms with Gasteiger partial charge in [-0.15, -0.1) is 10.2 Å². The number of pyridine rings is 1. The highest BCUT2D eigenvalue weighted by atomic mass is 32.2. The Morgan fingerprint density at radius 2 is 2.03 bits per heavy atom. The third kappa shape index (κ3) is 4.37. The SMILES string of the molecule is CC(=O)c1cccc(NC(=O)[C@@H](C)Sc2nnc(-c3cccnc3)n2C2CC2)c1. The number of anilines is 1. The molecule has 0 radical (unpaired) electrons. The molecule has 1 aromatic carbocycles. The van der Waals surface area contributed by atoms with Crippen LogP contribution in [0.4, 0.5) is 5.69 Å². The number of rotatable bonds is 7. The van der Waals surface area contributed by atoms with Gasteiger partial charge < -0.3 is 5.32 Å². The smallest absolute Gasteiger partial charge is 0.237 e. The first-order valence-corrected chi connectivity index (χ1v) is 10.3. The van der Waals surface area contributed by atoms with E-state index in [1.165, 1.54) is 18.7 Å². The van der Waals surface area contributed by atoms with Crippen LogP contribution >= 0.6 is 11.8 Å². The van der Waals surface area contributed by atoms with Gasteiger partial charge in [-0.3, -0.25) is 19.1 Å². The molecule has 29 heavy (non-hydrogen) atoms. The topological polar surface area (TPSA) is 89.8 Å². The van der Waals surface area contributed by atoms with Crippen molar-refractivity contribution in [3.05, 3.63) is 54.4 Å². The Hall–Kier alpha value is -3.00. The average Bonchev–Trinajstić information content (AvgIpc) is 3.48. The summed E-state index contributed by atoms with van der Waals surface area (Å²) in [6.45, 7) is 3.34. The maximum absolute atomic E-state index is 12.7. The van der Waals surface area contributed by atoms with E-state index < -0.39 is 0 Å². The molecule has 3 aromatic rings. The summed E-state index contributed by atoms with van der Waals surface area (Å²) in [7, 11) is 0. The summed E-state index contributed by atoms with van der Waals surface area (Å²) in [5.41, 5.74) is 2.09. The molecule has 0 bridgehead atoms. The minimum absolute atomic E-state index is 0.0380. The molecule has 1 N–H and O–H groups in total. The number of amides is 1. The highest BCUT2D eigenvalue weighted by Crippen LogP contribution is 2.41. The van der Waals surface area contributed by atoms with Crippen LogP contribution in [0.3, 0.4) is 0 Å². The Labute approximate surface area is 173 Å². The van der Waals surface area contributed by atoms with E-state index in [2.05, 4.69) is 25.1 Å². The minimum Gasteiger partial charge on any atom is -0.325 e. The summed E-state index contributed by atoms with van der Waals surface area (Å²) in [4.78, 5) is 28.4. The van der Waals surface area contributed by atoms with E-state index >= 15 is 0 Å². The first-order valence-electron chi connectivity index (χ1n) is 9.47. The highest BCUT2D eigenvalue weighted by molar-refractivity contribution is 8.00. The predicted molar refractivity (Wildman–Crippen MR) is 112 cm³/mol. The van der Waals surface area contributed by atoms with Gasteiger partial charge in [0.15, 0.2) is 16.8 Å². The Kier molecular flexibility index (Phi) is 5.44. The summed E-state index contributed by atoms with van der Waals surface area (Å²) in [6, 6.07) is 11.1. The predicted octanol–water partition coefficient (Wildman–Crippen LogP) is 4.00. The second-order valence-corrected chi connectivity index (χ2v) is 8.34. The number of nitrogens with one attached hydrogen (secondary N) is 1. The number of hydrogen-bond acceptors (Lipinski definition) is 6. The largest absolute Gasteiger partial charge is 0.325 e. The van der Waals surface area contributed by atoms with Crippen LogP contribution in [-0.2, 0) is 4.79 Å². The van der Waals surface area contributed by atoms with E-state index in [-0.39, 0.29) is 16.9 Å². The molecule has 2 heterocycles. The number of aromatic nitrogens is 4. The molecule has 0 aliphatic heterocycles. The van der Waals surface area contributed by atoms with Crippen molar-refractivity contribution in [2.45, 2.75) is 43.1 Å². The lowest BCUT2D eigenvalue weighted by Crippen LogP contribution is -2.23. The fourth-order valence-electron chi connectivity index (χ4n) is 2.98. The number of ketones is 1. The fraction of sp³-hybridized carbons (Fsp3) is 0.286. The zero-order valence-corrected chi connectivity index (χ0v) is 17.0. The fourth-order valence-corrected chi connectivity index (χ4v) is 3.90. The zero-order chi connectivity index (χ0) is 20.4. The van der Waals surface area contributed by atoms with E-state index in [0.29, 0.717) is 17.3 Å². The highest BCUT2D eigenvalue weighted by Gasteiger charge is 2.31. The monoisotopic (exact) mass is 407 g/mol. The third-order valence-corrected chi connectivity index (χ3v) is 5.74. The van der Waals surface area contributed by atoms with Crippen LogP contribution in [0.2, 0.25) is 0 Å². The molecule has 8 heteroatoms. The van der Waals surface area contributed by atoms with Gasteiger partial charge in [0.05, 0.1) is 5.25 Å². The molecule has 1 aliphatic carbocycles. The van der Waals surface area contributed by atoms with Crippen LogP contribution in [0, 0.1) is 0 Å².